The van der Waals surface area contributed by atoms with Crippen LogP contribution in [0.15, 0.2) is 37.0 Å². The molecular weight excluding hydrogens is 152 g/mol. The summed E-state index contributed by atoms with van der Waals surface area (Å²) >= 11 is 0. The lowest BCUT2D eigenvalue weighted by atomic mass is 10.2. The smallest absolute Gasteiger partial charge is 0.328 e. The molecule has 0 aliphatic rings. The van der Waals surface area contributed by atoms with Gasteiger partial charge >= 0.3 is 5.97 Å². The first kappa shape index (κ1) is 10.7. The SMILES string of the molecule is C=CCCCC=CC=CC(=O)O. The van der Waals surface area contributed by atoms with Gasteiger partial charge in [-0.05, 0) is 19.3 Å². The highest BCUT2D eigenvalue weighted by molar-refractivity contribution is 5.80. The van der Waals surface area contributed by atoms with Crippen molar-refractivity contribution in [2.45, 2.75) is 19.3 Å². The number of aliphatic carboxylic acids is 1. The zero-order valence-electron chi connectivity index (χ0n) is 7.07. The van der Waals surface area contributed by atoms with Crippen LogP contribution >= 0.6 is 0 Å². The molecule has 0 aromatic heterocycles. The van der Waals surface area contributed by atoms with E-state index >= 15 is 0 Å². The lowest BCUT2D eigenvalue weighted by Gasteiger charge is -1.86. The molecule has 0 aliphatic carbocycles. The first-order valence-corrected chi connectivity index (χ1v) is 3.94. The Bertz CT molecular complexity index is 190. The Hall–Kier alpha value is -1.31. The van der Waals surface area contributed by atoms with E-state index < -0.39 is 5.97 Å². The highest BCUT2D eigenvalue weighted by atomic mass is 16.4. The molecule has 0 radical (unpaired) electrons. The summed E-state index contributed by atoms with van der Waals surface area (Å²) in [5, 5.41) is 8.22. The molecule has 66 valence electrons. The highest BCUT2D eigenvalue weighted by Crippen LogP contribution is 1.96. The van der Waals surface area contributed by atoms with E-state index in [0.717, 1.165) is 25.3 Å². The van der Waals surface area contributed by atoms with Crippen molar-refractivity contribution in [3.8, 4) is 0 Å². The molecule has 0 bridgehead atoms. The minimum absolute atomic E-state index is 0.911. The standard InChI is InChI=1S/C10H14O2/c1-2-3-4-5-6-7-8-9-10(11)12/h2,6-9H,1,3-5H2,(H,11,12). The molecule has 0 heterocycles. The number of carboxylic acid groups (broad SMARTS) is 1. The van der Waals surface area contributed by atoms with Gasteiger partial charge in [0.2, 0.25) is 0 Å². The molecule has 0 spiro atoms. The van der Waals surface area contributed by atoms with Crippen LogP contribution in [0.5, 0.6) is 0 Å². The lowest BCUT2D eigenvalue weighted by molar-refractivity contribution is -0.131. The van der Waals surface area contributed by atoms with Crippen LogP contribution in [0.1, 0.15) is 19.3 Å². The van der Waals surface area contributed by atoms with Crippen LogP contribution in [-0.4, -0.2) is 11.1 Å². The third-order valence-corrected chi connectivity index (χ3v) is 1.27. The van der Waals surface area contributed by atoms with Crippen molar-refractivity contribution in [1.29, 1.82) is 0 Å². The second-order valence-electron chi connectivity index (χ2n) is 2.35. The van der Waals surface area contributed by atoms with E-state index in [0.29, 0.717) is 0 Å². The number of carboxylic acids is 1. The number of carbonyl (C=O) groups is 1. The Labute approximate surface area is 72.9 Å². The van der Waals surface area contributed by atoms with Crippen LogP contribution in [0.2, 0.25) is 0 Å². The van der Waals surface area contributed by atoms with E-state index in [9.17, 15) is 4.79 Å². The molecule has 1 N–H and O–H groups in total. The number of hydrogen-bond acceptors (Lipinski definition) is 1. The van der Waals surface area contributed by atoms with Crippen LogP contribution in [0.3, 0.4) is 0 Å². The lowest BCUT2D eigenvalue weighted by Crippen LogP contribution is -1.84. The first-order valence-electron chi connectivity index (χ1n) is 3.94. The number of hydrogen-bond donors (Lipinski definition) is 1. The number of unbranched alkanes of at least 4 members (excludes halogenated alkanes) is 2. The van der Waals surface area contributed by atoms with Gasteiger partial charge in [-0.2, -0.15) is 0 Å². The summed E-state index contributed by atoms with van der Waals surface area (Å²) < 4.78 is 0. The van der Waals surface area contributed by atoms with Gasteiger partial charge < -0.3 is 5.11 Å². The Morgan fingerprint density at radius 2 is 2.08 bits per heavy atom. The minimum Gasteiger partial charge on any atom is -0.478 e. The molecule has 0 unspecified atom stereocenters. The molecule has 2 heteroatoms. The third-order valence-electron chi connectivity index (χ3n) is 1.27. The third kappa shape index (κ3) is 8.69. The van der Waals surface area contributed by atoms with Crippen molar-refractivity contribution < 1.29 is 9.90 Å². The van der Waals surface area contributed by atoms with E-state index in [4.69, 9.17) is 5.11 Å². The molecule has 0 fully saturated rings. The Balaban J connectivity index is 3.36. The molecule has 0 aliphatic heterocycles. The first-order chi connectivity index (χ1) is 5.77. The highest BCUT2D eigenvalue weighted by Gasteiger charge is 1.81. The average Bonchev–Trinajstić information content (AvgIpc) is 2.02. The fourth-order valence-electron chi connectivity index (χ4n) is 0.693. The Morgan fingerprint density at radius 3 is 2.67 bits per heavy atom. The van der Waals surface area contributed by atoms with Crippen molar-refractivity contribution in [3.63, 3.8) is 0 Å². The quantitative estimate of drug-likeness (QED) is 0.285. The van der Waals surface area contributed by atoms with Crippen LogP contribution in [0.25, 0.3) is 0 Å². The summed E-state index contributed by atoms with van der Waals surface area (Å²) in [5.41, 5.74) is 0. The molecule has 0 atom stereocenters. The zero-order chi connectivity index (χ0) is 9.23. The summed E-state index contributed by atoms with van der Waals surface area (Å²) in [6, 6.07) is 0. The molecule has 0 amide bonds. The van der Waals surface area contributed by atoms with Crippen molar-refractivity contribution in [2.24, 2.45) is 0 Å². The molecule has 0 aromatic carbocycles. The average molecular weight is 166 g/mol. The van der Waals surface area contributed by atoms with E-state index in [1.807, 2.05) is 12.2 Å². The van der Waals surface area contributed by atoms with Crippen LogP contribution in [0.4, 0.5) is 0 Å². The predicted molar refractivity (Wildman–Crippen MR) is 50.0 cm³/mol. The van der Waals surface area contributed by atoms with Crippen LogP contribution in [0, 0.1) is 0 Å². The monoisotopic (exact) mass is 166 g/mol. The Kier molecular flexibility index (Phi) is 6.94. The predicted octanol–water partition coefficient (Wildman–Crippen LogP) is 2.54. The van der Waals surface area contributed by atoms with E-state index in [-0.39, 0.29) is 0 Å². The van der Waals surface area contributed by atoms with Gasteiger partial charge in [-0.3, -0.25) is 0 Å². The second kappa shape index (κ2) is 7.79. The van der Waals surface area contributed by atoms with E-state index in [1.54, 1.807) is 6.08 Å². The van der Waals surface area contributed by atoms with E-state index in [1.165, 1.54) is 6.08 Å². The van der Waals surface area contributed by atoms with Gasteiger partial charge in [-0.15, -0.1) is 6.58 Å². The maximum atomic E-state index is 10.0. The summed E-state index contributed by atoms with van der Waals surface area (Å²) in [6.45, 7) is 3.60. The van der Waals surface area contributed by atoms with Gasteiger partial charge in [0.05, 0.1) is 0 Å². The summed E-state index contributed by atoms with van der Waals surface area (Å²) in [4.78, 5) is 10.0. The van der Waals surface area contributed by atoms with Gasteiger partial charge in [0.25, 0.3) is 0 Å². The molecule has 2 nitrogen and oxygen atoms in total. The summed E-state index contributed by atoms with van der Waals surface area (Å²) in [6.07, 6.45) is 11.3. The number of allylic oxidation sites excluding steroid dienone is 4. The van der Waals surface area contributed by atoms with Gasteiger partial charge in [0, 0.05) is 6.08 Å². The number of rotatable bonds is 6. The summed E-state index contributed by atoms with van der Waals surface area (Å²) in [7, 11) is 0. The Morgan fingerprint density at radius 1 is 1.33 bits per heavy atom. The molecule has 0 rings (SSSR count). The minimum atomic E-state index is -0.911. The molecular formula is C10H14O2. The largest absolute Gasteiger partial charge is 0.478 e. The maximum absolute atomic E-state index is 10.0. The zero-order valence-corrected chi connectivity index (χ0v) is 7.07. The molecule has 0 aromatic rings. The van der Waals surface area contributed by atoms with Crippen molar-refractivity contribution >= 4 is 5.97 Å². The molecule has 0 saturated heterocycles. The normalized spacial score (nSPS) is 11.0. The van der Waals surface area contributed by atoms with Crippen LogP contribution < -0.4 is 0 Å². The fourth-order valence-corrected chi connectivity index (χ4v) is 0.693. The van der Waals surface area contributed by atoms with Crippen molar-refractivity contribution in [1.82, 2.24) is 0 Å². The molecule has 12 heavy (non-hydrogen) atoms. The van der Waals surface area contributed by atoms with Gasteiger partial charge in [-0.1, -0.05) is 24.3 Å². The maximum Gasteiger partial charge on any atom is 0.328 e. The second-order valence-corrected chi connectivity index (χ2v) is 2.35. The van der Waals surface area contributed by atoms with Crippen molar-refractivity contribution in [3.05, 3.63) is 37.0 Å². The van der Waals surface area contributed by atoms with Crippen molar-refractivity contribution in [2.75, 3.05) is 0 Å². The fraction of sp³-hybridized carbons (Fsp3) is 0.300. The van der Waals surface area contributed by atoms with Gasteiger partial charge in [0.15, 0.2) is 0 Å². The van der Waals surface area contributed by atoms with Gasteiger partial charge in [0.1, 0.15) is 0 Å². The topological polar surface area (TPSA) is 37.3 Å². The summed E-state index contributed by atoms with van der Waals surface area (Å²) in [5.74, 6) is -0.911. The van der Waals surface area contributed by atoms with Crippen LogP contribution in [-0.2, 0) is 4.79 Å². The molecule has 0 saturated carbocycles. The van der Waals surface area contributed by atoms with Gasteiger partial charge in [-0.25, -0.2) is 4.79 Å². The van der Waals surface area contributed by atoms with E-state index in [2.05, 4.69) is 6.58 Å².